The van der Waals surface area contributed by atoms with Crippen molar-refractivity contribution < 1.29 is 0 Å². The van der Waals surface area contributed by atoms with Gasteiger partial charge in [-0.25, -0.2) is 9.97 Å². The summed E-state index contributed by atoms with van der Waals surface area (Å²) >= 11 is 0. The van der Waals surface area contributed by atoms with Crippen LogP contribution >= 0.6 is 0 Å². The molecule has 4 nitrogen and oxygen atoms in total. The summed E-state index contributed by atoms with van der Waals surface area (Å²) in [6.07, 6.45) is 1.43. The largest absolute Gasteiger partial charge is 0.329 e. The van der Waals surface area contributed by atoms with Gasteiger partial charge in [0.25, 0.3) is 0 Å². The topological polar surface area (TPSA) is 52.8 Å². The van der Waals surface area contributed by atoms with E-state index < -0.39 is 0 Å². The molecule has 0 saturated heterocycles. The molecule has 0 fully saturated rings. The van der Waals surface area contributed by atoms with Crippen LogP contribution in [0, 0.1) is 39.0 Å². The molecule has 1 aromatic heterocycles. The zero-order valence-electron chi connectivity index (χ0n) is 12.5. The lowest BCUT2D eigenvalue weighted by Gasteiger charge is -2.25. The summed E-state index contributed by atoms with van der Waals surface area (Å²) in [6.45, 7) is 8.44. The number of hydrogen-bond acceptors (Lipinski definition) is 4. The molecule has 0 saturated carbocycles. The fourth-order valence-electron chi connectivity index (χ4n) is 2.41. The van der Waals surface area contributed by atoms with Crippen LogP contribution in [-0.2, 0) is 0 Å². The van der Waals surface area contributed by atoms with E-state index in [9.17, 15) is 0 Å². The molecule has 0 aliphatic carbocycles. The second-order valence-electron chi connectivity index (χ2n) is 5.04. The molecule has 0 amide bonds. The highest BCUT2D eigenvalue weighted by atomic mass is 15.2. The van der Waals surface area contributed by atoms with Crippen molar-refractivity contribution in [3.05, 3.63) is 46.4 Å². The van der Waals surface area contributed by atoms with Gasteiger partial charge < -0.3 is 4.90 Å². The van der Waals surface area contributed by atoms with Gasteiger partial charge in [0.2, 0.25) is 0 Å². The zero-order chi connectivity index (χ0) is 14.9. The summed E-state index contributed by atoms with van der Waals surface area (Å²) in [5, 5.41) is 8.95. The molecule has 0 aliphatic heterocycles. The molecule has 0 unspecified atom stereocenters. The summed E-state index contributed by atoms with van der Waals surface area (Å²) in [5.41, 5.74) is 6.49. The van der Waals surface area contributed by atoms with Crippen LogP contribution in [0.5, 0.6) is 0 Å². The highest BCUT2D eigenvalue weighted by Gasteiger charge is 2.15. The molecular weight excluding hydrogens is 248 g/mol. The van der Waals surface area contributed by atoms with E-state index in [1.807, 2.05) is 18.0 Å². The van der Waals surface area contributed by atoms with Crippen molar-refractivity contribution in [2.24, 2.45) is 0 Å². The molecule has 2 rings (SSSR count). The van der Waals surface area contributed by atoms with Crippen molar-refractivity contribution in [2.45, 2.75) is 27.7 Å². The van der Waals surface area contributed by atoms with Crippen LogP contribution in [-0.4, -0.2) is 17.0 Å². The van der Waals surface area contributed by atoms with Crippen LogP contribution in [0.25, 0.3) is 0 Å². The Morgan fingerprint density at radius 3 is 2.15 bits per heavy atom. The quantitative estimate of drug-likeness (QED) is 0.836. The molecule has 0 spiro atoms. The average molecular weight is 266 g/mol. The average Bonchev–Trinajstić information content (AvgIpc) is 2.45. The number of nitriles is 1. The smallest absolute Gasteiger partial charge is 0.145 e. The van der Waals surface area contributed by atoms with Gasteiger partial charge in [0.15, 0.2) is 0 Å². The third-order valence-corrected chi connectivity index (χ3v) is 3.77. The van der Waals surface area contributed by atoms with Gasteiger partial charge in [-0.1, -0.05) is 6.07 Å². The van der Waals surface area contributed by atoms with E-state index in [4.69, 9.17) is 5.26 Å². The fourth-order valence-corrected chi connectivity index (χ4v) is 2.41. The minimum Gasteiger partial charge on any atom is -0.329 e. The van der Waals surface area contributed by atoms with E-state index in [1.54, 1.807) is 6.07 Å². The zero-order valence-corrected chi connectivity index (χ0v) is 12.5. The van der Waals surface area contributed by atoms with Crippen LogP contribution in [0.1, 0.15) is 27.9 Å². The monoisotopic (exact) mass is 266 g/mol. The molecular formula is C16H18N4. The summed E-state index contributed by atoms with van der Waals surface area (Å²) < 4.78 is 0. The Morgan fingerprint density at radius 2 is 1.60 bits per heavy atom. The van der Waals surface area contributed by atoms with Crippen LogP contribution in [0.15, 0.2) is 18.5 Å². The maximum atomic E-state index is 8.95. The standard InChI is InChI=1S/C16H18N4/c1-10-6-11(2)13(4)16(12(10)3)20(5)15-7-14(8-17)18-9-19-15/h6-7,9H,1-5H3. The summed E-state index contributed by atoms with van der Waals surface area (Å²) in [5.74, 6) is 0.729. The molecule has 0 N–H and O–H groups in total. The molecule has 20 heavy (non-hydrogen) atoms. The van der Waals surface area contributed by atoms with E-state index in [-0.39, 0.29) is 0 Å². The van der Waals surface area contributed by atoms with Gasteiger partial charge in [-0.3, -0.25) is 0 Å². The maximum absolute atomic E-state index is 8.95. The van der Waals surface area contributed by atoms with Gasteiger partial charge in [0.05, 0.1) is 0 Å². The Hall–Kier alpha value is -2.41. The minimum atomic E-state index is 0.376. The van der Waals surface area contributed by atoms with E-state index in [0.29, 0.717) is 5.69 Å². The molecule has 0 radical (unpaired) electrons. The SMILES string of the molecule is Cc1cc(C)c(C)c(N(C)c2cc(C#N)ncn2)c1C. The number of hydrogen-bond donors (Lipinski definition) is 0. The van der Waals surface area contributed by atoms with E-state index in [1.165, 1.54) is 28.6 Å². The van der Waals surface area contributed by atoms with E-state index in [2.05, 4.69) is 43.7 Å². The van der Waals surface area contributed by atoms with Crippen LogP contribution in [0.3, 0.4) is 0 Å². The first-order valence-corrected chi connectivity index (χ1v) is 6.49. The lowest BCUT2D eigenvalue weighted by Crippen LogP contribution is -2.15. The normalized spacial score (nSPS) is 10.2. The number of anilines is 2. The van der Waals surface area contributed by atoms with Gasteiger partial charge in [-0.2, -0.15) is 5.26 Å². The Kier molecular flexibility index (Phi) is 3.71. The number of benzene rings is 1. The molecule has 0 aliphatic rings. The minimum absolute atomic E-state index is 0.376. The molecule has 4 heteroatoms. The van der Waals surface area contributed by atoms with Crippen LogP contribution in [0.2, 0.25) is 0 Å². The van der Waals surface area contributed by atoms with E-state index in [0.717, 1.165) is 11.5 Å². The van der Waals surface area contributed by atoms with Crippen molar-refractivity contribution in [1.29, 1.82) is 5.26 Å². The van der Waals surface area contributed by atoms with Gasteiger partial charge in [-0.15, -0.1) is 0 Å². The predicted octanol–water partition coefficient (Wildman–Crippen LogP) is 3.35. The Bertz CT molecular complexity index is 672. The highest BCUT2D eigenvalue weighted by molar-refractivity contribution is 5.70. The number of rotatable bonds is 2. The fraction of sp³-hybridized carbons (Fsp3) is 0.312. The van der Waals surface area contributed by atoms with Crippen LogP contribution in [0.4, 0.5) is 11.5 Å². The van der Waals surface area contributed by atoms with Crippen molar-refractivity contribution in [3.63, 3.8) is 0 Å². The first-order valence-electron chi connectivity index (χ1n) is 6.49. The number of nitrogens with zero attached hydrogens (tertiary/aromatic N) is 4. The summed E-state index contributed by atoms with van der Waals surface area (Å²) in [7, 11) is 1.97. The molecule has 0 atom stereocenters. The second-order valence-corrected chi connectivity index (χ2v) is 5.04. The first kappa shape index (κ1) is 14.0. The molecule has 1 aromatic carbocycles. The van der Waals surface area contributed by atoms with Gasteiger partial charge in [0, 0.05) is 18.8 Å². The maximum Gasteiger partial charge on any atom is 0.145 e. The van der Waals surface area contributed by atoms with Crippen molar-refractivity contribution in [2.75, 3.05) is 11.9 Å². The Labute approximate surface area is 119 Å². The number of aromatic nitrogens is 2. The van der Waals surface area contributed by atoms with Gasteiger partial charge in [0.1, 0.15) is 23.9 Å². The highest BCUT2D eigenvalue weighted by Crippen LogP contribution is 2.32. The summed E-state index contributed by atoms with van der Waals surface area (Å²) in [6, 6.07) is 5.95. The lowest BCUT2D eigenvalue weighted by atomic mass is 9.98. The van der Waals surface area contributed by atoms with E-state index >= 15 is 0 Å². The number of aryl methyl sites for hydroxylation is 2. The Balaban J connectivity index is 2.59. The molecule has 2 aromatic rings. The first-order chi connectivity index (χ1) is 9.45. The van der Waals surface area contributed by atoms with Gasteiger partial charge in [-0.05, 0) is 49.9 Å². The van der Waals surface area contributed by atoms with Crippen molar-refractivity contribution >= 4 is 11.5 Å². The van der Waals surface area contributed by atoms with Crippen molar-refractivity contribution in [1.82, 2.24) is 9.97 Å². The third-order valence-electron chi connectivity index (χ3n) is 3.77. The Morgan fingerprint density at radius 1 is 1.00 bits per heavy atom. The predicted molar refractivity (Wildman–Crippen MR) is 80.2 cm³/mol. The summed E-state index contributed by atoms with van der Waals surface area (Å²) in [4.78, 5) is 10.2. The second kappa shape index (κ2) is 5.30. The third kappa shape index (κ3) is 2.35. The molecule has 1 heterocycles. The molecule has 102 valence electrons. The lowest BCUT2D eigenvalue weighted by molar-refractivity contribution is 1.04. The molecule has 0 bridgehead atoms. The van der Waals surface area contributed by atoms with Crippen LogP contribution < -0.4 is 4.90 Å². The van der Waals surface area contributed by atoms with Crippen molar-refractivity contribution in [3.8, 4) is 6.07 Å². The van der Waals surface area contributed by atoms with Gasteiger partial charge >= 0.3 is 0 Å².